The fourth-order valence-corrected chi connectivity index (χ4v) is 1.33. The lowest BCUT2D eigenvalue weighted by atomic mass is 9.80. The molecule has 0 amide bonds. The zero-order valence-corrected chi connectivity index (χ0v) is 8.02. The molecule has 0 aromatic rings. The Balaban J connectivity index is 2.88. The highest BCUT2D eigenvalue weighted by atomic mass is 14.3. The van der Waals surface area contributed by atoms with Crippen LogP contribution in [-0.2, 0) is 0 Å². The Hall–Kier alpha value is -1.03. The number of nitriles is 1. The minimum atomic E-state index is 0.319. The van der Waals surface area contributed by atoms with E-state index >= 15 is 0 Å². The van der Waals surface area contributed by atoms with E-state index in [0.29, 0.717) is 5.41 Å². The van der Waals surface area contributed by atoms with Gasteiger partial charge < -0.3 is 0 Å². The van der Waals surface area contributed by atoms with E-state index in [4.69, 9.17) is 5.26 Å². The Morgan fingerprint density at radius 3 is 2.67 bits per heavy atom. The van der Waals surface area contributed by atoms with E-state index in [-0.39, 0.29) is 0 Å². The van der Waals surface area contributed by atoms with Crippen molar-refractivity contribution in [3.05, 3.63) is 23.3 Å². The van der Waals surface area contributed by atoms with E-state index in [1.54, 1.807) is 0 Å². The third-order valence-corrected chi connectivity index (χ3v) is 2.42. The highest BCUT2D eigenvalue weighted by Gasteiger charge is 2.18. The second kappa shape index (κ2) is 3.15. The summed E-state index contributed by atoms with van der Waals surface area (Å²) in [5, 5.41) is 8.68. The summed E-state index contributed by atoms with van der Waals surface area (Å²) in [5.41, 5.74) is 2.39. The van der Waals surface area contributed by atoms with Gasteiger partial charge in [0.2, 0.25) is 0 Å². The molecule has 0 bridgehead atoms. The van der Waals surface area contributed by atoms with E-state index in [2.05, 4.69) is 32.1 Å². The highest BCUT2D eigenvalue weighted by Crippen LogP contribution is 2.32. The third kappa shape index (κ3) is 1.98. The van der Waals surface area contributed by atoms with Crippen molar-refractivity contribution in [1.29, 1.82) is 5.26 Å². The second-order valence-corrected chi connectivity index (χ2v) is 4.08. The van der Waals surface area contributed by atoms with Crippen LogP contribution < -0.4 is 0 Å². The third-order valence-electron chi connectivity index (χ3n) is 2.42. The van der Waals surface area contributed by atoms with Gasteiger partial charge in [-0.15, -0.1) is 0 Å². The number of allylic oxidation sites excluding steroid dienone is 4. The van der Waals surface area contributed by atoms with Crippen LogP contribution in [0, 0.1) is 16.7 Å². The van der Waals surface area contributed by atoms with Crippen molar-refractivity contribution < 1.29 is 0 Å². The minimum absolute atomic E-state index is 0.319. The first kappa shape index (κ1) is 9.06. The molecule has 0 radical (unpaired) electrons. The van der Waals surface area contributed by atoms with E-state index in [1.165, 1.54) is 5.57 Å². The van der Waals surface area contributed by atoms with Gasteiger partial charge in [0.25, 0.3) is 0 Å². The maximum Gasteiger partial charge on any atom is 0.0946 e. The van der Waals surface area contributed by atoms with Crippen LogP contribution in [-0.4, -0.2) is 0 Å². The summed E-state index contributed by atoms with van der Waals surface area (Å²) in [6.07, 6.45) is 6.50. The SMILES string of the molecule is CC(C#N)=C1C=CC(C)(C)CC1. The number of rotatable bonds is 0. The predicted octanol–water partition coefficient (Wildman–Crippen LogP) is 3.20. The van der Waals surface area contributed by atoms with Crippen LogP contribution in [0.15, 0.2) is 23.3 Å². The predicted molar refractivity (Wildman–Crippen MR) is 50.5 cm³/mol. The molecule has 0 unspecified atom stereocenters. The topological polar surface area (TPSA) is 23.8 Å². The van der Waals surface area contributed by atoms with Gasteiger partial charge in [0.1, 0.15) is 0 Å². The zero-order valence-electron chi connectivity index (χ0n) is 8.02. The molecule has 0 aromatic carbocycles. The molecule has 0 heterocycles. The van der Waals surface area contributed by atoms with E-state index in [1.807, 2.05) is 6.92 Å². The van der Waals surface area contributed by atoms with Crippen LogP contribution in [0.5, 0.6) is 0 Å². The van der Waals surface area contributed by atoms with Gasteiger partial charge in [0.05, 0.1) is 6.07 Å². The molecule has 1 rings (SSSR count). The fourth-order valence-electron chi connectivity index (χ4n) is 1.33. The van der Waals surface area contributed by atoms with E-state index in [0.717, 1.165) is 18.4 Å². The zero-order chi connectivity index (χ0) is 9.19. The van der Waals surface area contributed by atoms with Gasteiger partial charge in [0, 0.05) is 5.57 Å². The van der Waals surface area contributed by atoms with E-state index in [9.17, 15) is 0 Å². The summed E-state index contributed by atoms with van der Waals surface area (Å²) in [6, 6.07) is 2.19. The van der Waals surface area contributed by atoms with E-state index < -0.39 is 0 Å². The van der Waals surface area contributed by atoms with Crippen LogP contribution in [0.2, 0.25) is 0 Å². The maximum absolute atomic E-state index is 8.68. The molecule has 12 heavy (non-hydrogen) atoms. The normalized spacial score (nSPS) is 24.8. The molecule has 0 spiro atoms. The lowest BCUT2D eigenvalue weighted by Gasteiger charge is -2.25. The molecule has 0 atom stereocenters. The molecular weight excluding hydrogens is 146 g/mol. The van der Waals surface area contributed by atoms with Crippen molar-refractivity contribution in [1.82, 2.24) is 0 Å². The second-order valence-electron chi connectivity index (χ2n) is 4.08. The quantitative estimate of drug-likeness (QED) is 0.500. The number of nitrogens with zero attached hydrogens (tertiary/aromatic N) is 1. The molecule has 0 N–H and O–H groups in total. The molecule has 1 aliphatic carbocycles. The van der Waals surface area contributed by atoms with Gasteiger partial charge in [-0.25, -0.2) is 0 Å². The van der Waals surface area contributed by atoms with Crippen molar-refractivity contribution in [2.45, 2.75) is 33.6 Å². The Morgan fingerprint density at radius 1 is 1.58 bits per heavy atom. The highest BCUT2D eigenvalue weighted by molar-refractivity contribution is 5.35. The summed E-state index contributed by atoms with van der Waals surface area (Å²) in [6.45, 7) is 6.34. The first-order valence-corrected chi connectivity index (χ1v) is 4.34. The molecule has 1 nitrogen and oxygen atoms in total. The average Bonchev–Trinajstić information content (AvgIpc) is 2.03. The standard InChI is InChI=1S/C11H15N/c1-9(8-12)10-4-6-11(2,3)7-5-10/h4,6H,5,7H2,1-3H3. The Kier molecular flexibility index (Phi) is 2.38. The van der Waals surface area contributed by atoms with Gasteiger partial charge in [-0.1, -0.05) is 26.0 Å². The largest absolute Gasteiger partial charge is 0.193 e. The summed E-state index contributed by atoms with van der Waals surface area (Å²) in [4.78, 5) is 0. The smallest absolute Gasteiger partial charge is 0.0946 e. The monoisotopic (exact) mass is 161 g/mol. The van der Waals surface area contributed by atoms with Crippen LogP contribution in [0.4, 0.5) is 0 Å². The van der Waals surface area contributed by atoms with Crippen LogP contribution >= 0.6 is 0 Å². The molecular formula is C11H15N. The van der Waals surface area contributed by atoms with Crippen molar-refractivity contribution in [2.24, 2.45) is 5.41 Å². The number of hydrogen-bond acceptors (Lipinski definition) is 1. The molecule has 1 heteroatoms. The first-order valence-electron chi connectivity index (χ1n) is 4.34. The molecule has 0 saturated heterocycles. The summed E-state index contributed by atoms with van der Waals surface area (Å²) >= 11 is 0. The lowest BCUT2D eigenvalue weighted by Crippen LogP contribution is -2.11. The molecule has 0 fully saturated rings. The maximum atomic E-state index is 8.68. The van der Waals surface area contributed by atoms with Crippen LogP contribution in [0.1, 0.15) is 33.6 Å². The van der Waals surface area contributed by atoms with Crippen LogP contribution in [0.25, 0.3) is 0 Å². The first-order chi connectivity index (χ1) is 5.55. The fraction of sp³-hybridized carbons (Fsp3) is 0.545. The number of hydrogen-bond donors (Lipinski definition) is 0. The average molecular weight is 161 g/mol. The van der Waals surface area contributed by atoms with Crippen molar-refractivity contribution in [3.63, 3.8) is 0 Å². The van der Waals surface area contributed by atoms with Gasteiger partial charge in [-0.3, -0.25) is 0 Å². The molecule has 0 aromatic heterocycles. The summed E-state index contributed by atoms with van der Waals surface area (Å²) < 4.78 is 0. The van der Waals surface area contributed by atoms with Gasteiger partial charge >= 0.3 is 0 Å². The van der Waals surface area contributed by atoms with Crippen molar-refractivity contribution >= 4 is 0 Å². The lowest BCUT2D eigenvalue weighted by molar-refractivity contribution is 0.427. The summed E-state index contributed by atoms with van der Waals surface area (Å²) in [5.74, 6) is 0. The van der Waals surface area contributed by atoms with Gasteiger partial charge in [-0.05, 0) is 30.8 Å². The molecule has 1 aliphatic rings. The van der Waals surface area contributed by atoms with Crippen molar-refractivity contribution in [3.8, 4) is 6.07 Å². The van der Waals surface area contributed by atoms with Crippen LogP contribution in [0.3, 0.4) is 0 Å². The Bertz CT molecular complexity index is 274. The minimum Gasteiger partial charge on any atom is -0.193 e. The molecule has 0 saturated carbocycles. The van der Waals surface area contributed by atoms with Gasteiger partial charge in [-0.2, -0.15) is 5.26 Å². The summed E-state index contributed by atoms with van der Waals surface area (Å²) in [7, 11) is 0. The Labute approximate surface area is 74.4 Å². The molecule has 0 aliphatic heterocycles. The molecule has 64 valence electrons. The van der Waals surface area contributed by atoms with Gasteiger partial charge in [0.15, 0.2) is 0 Å². The Morgan fingerprint density at radius 2 is 2.25 bits per heavy atom. The van der Waals surface area contributed by atoms with Crippen molar-refractivity contribution in [2.75, 3.05) is 0 Å².